The molecular formula is C5H7NO2S. The Kier molecular flexibility index (Phi) is 4.91. The van der Waals surface area contributed by atoms with E-state index in [1.807, 2.05) is 0 Å². The van der Waals surface area contributed by atoms with E-state index < -0.39 is 6.09 Å². The Balaban J connectivity index is 3.49. The molecule has 0 saturated heterocycles. The minimum Gasteiger partial charge on any atom is -0.448 e. The van der Waals surface area contributed by atoms with Crippen LogP contribution in [0.2, 0.25) is 0 Å². The summed E-state index contributed by atoms with van der Waals surface area (Å²) >= 11 is 4.37. The summed E-state index contributed by atoms with van der Waals surface area (Å²) in [5.41, 5.74) is 0. The second kappa shape index (κ2) is 5.37. The van der Waals surface area contributed by atoms with Crippen LogP contribution in [0, 0.1) is 0 Å². The standard InChI is InChI=1S/C5H7NO2S/c1-2-8-5(7)6-3-4-9/h3-4H,2H2,1H3. The van der Waals surface area contributed by atoms with Crippen molar-refractivity contribution in [3.63, 3.8) is 0 Å². The maximum absolute atomic E-state index is 10.3. The van der Waals surface area contributed by atoms with Gasteiger partial charge >= 0.3 is 6.09 Å². The second-order valence-electron chi connectivity index (χ2n) is 1.11. The van der Waals surface area contributed by atoms with Gasteiger partial charge < -0.3 is 4.74 Å². The van der Waals surface area contributed by atoms with E-state index in [0.717, 1.165) is 0 Å². The van der Waals surface area contributed by atoms with Crippen molar-refractivity contribution >= 4 is 29.9 Å². The van der Waals surface area contributed by atoms with Crippen molar-refractivity contribution in [3.8, 4) is 0 Å². The predicted molar refractivity (Wildman–Crippen MR) is 39.2 cm³/mol. The molecule has 0 unspecified atom stereocenters. The summed E-state index contributed by atoms with van der Waals surface area (Å²) in [6, 6.07) is 0. The summed E-state index contributed by atoms with van der Waals surface area (Å²) in [7, 11) is 0. The molecule has 0 spiro atoms. The van der Waals surface area contributed by atoms with Gasteiger partial charge in [-0.25, -0.2) is 4.79 Å². The van der Waals surface area contributed by atoms with Gasteiger partial charge in [0, 0.05) is 11.6 Å². The predicted octanol–water partition coefficient (Wildman–Crippen LogP) is 1.21. The van der Waals surface area contributed by atoms with Crippen LogP contribution < -0.4 is 0 Å². The third-order valence-corrected chi connectivity index (χ3v) is 0.630. The first-order valence-electron chi connectivity index (χ1n) is 2.45. The fourth-order valence-electron chi connectivity index (χ4n) is 0.252. The Hall–Kier alpha value is -0.770. The molecule has 0 aromatic rings. The number of carbonyl (C=O) groups excluding carboxylic acids is 1. The number of hydrogen-bond acceptors (Lipinski definition) is 3. The summed E-state index contributed by atoms with van der Waals surface area (Å²) in [5.74, 6) is 0. The molecule has 9 heavy (non-hydrogen) atoms. The number of carbonyl (C=O) groups is 1. The highest BCUT2D eigenvalue weighted by Gasteiger charge is 1.90. The number of hydrogen-bond donors (Lipinski definition) is 0. The zero-order chi connectivity index (χ0) is 7.11. The van der Waals surface area contributed by atoms with E-state index in [0.29, 0.717) is 6.61 Å². The van der Waals surface area contributed by atoms with E-state index >= 15 is 0 Å². The molecule has 4 heteroatoms. The fraction of sp³-hybridized carbons (Fsp3) is 0.400. The molecule has 3 nitrogen and oxygen atoms in total. The fourth-order valence-corrected chi connectivity index (χ4v) is 0.313. The van der Waals surface area contributed by atoms with Gasteiger partial charge in [0.2, 0.25) is 0 Å². The summed E-state index contributed by atoms with van der Waals surface area (Å²) in [6.45, 7) is 2.05. The van der Waals surface area contributed by atoms with E-state index in [4.69, 9.17) is 0 Å². The van der Waals surface area contributed by atoms with Crippen molar-refractivity contribution in [2.45, 2.75) is 6.92 Å². The number of amides is 1. The van der Waals surface area contributed by atoms with E-state index in [2.05, 4.69) is 21.9 Å². The van der Waals surface area contributed by atoms with Crippen LogP contribution >= 0.6 is 12.2 Å². The van der Waals surface area contributed by atoms with E-state index in [9.17, 15) is 4.79 Å². The summed E-state index contributed by atoms with van der Waals surface area (Å²) in [6.07, 6.45) is 0.617. The molecule has 0 heterocycles. The normalized spacial score (nSPS) is 9.44. The Bertz CT molecular complexity index is 133. The molecule has 0 saturated carbocycles. The van der Waals surface area contributed by atoms with Gasteiger partial charge in [-0.3, -0.25) is 0 Å². The van der Waals surface area contributed by atoms with Crippen molar-refractivity contribution in [2.24, 2.45) is 4.99 Å². The van der Waals surface area contributed by atoms with Crippen molar-refractivity contribution < 1.29 is 9.53 Å². The zero-order valence-corrected chi connectivity index (χ0v) is 5.85. The molecule has 0 aliphatic heterocycles. The molecule has 0 fully saturated rings. The van der Waals surface area contributed by atoms with Crippen molar-refractivity contribution in [1.82, 2.24) is 0 Å². The molecule has 0 atom stereocenters. The molecular weight excluding hydrogens is 138 g/mol. The topological polar surface area (TPSA) is 38.7 Å². The van der Waals surface area contributed by atoms with Crippen LogP contribution in [0.5, 0.6) is 0 Å². The first-order chi connectivity index (χ1) is 4.31. The molecule has 0 rings (SSSR count). The highest BCUT2D eigenvalue weighted by molar-refractivity contribution is 7.80. The molecule has 0 N–H and O–H groups in total. The summed E-state index contributed by atoms with van der Waals surface area (Å²) < 4.78 is 4.44. The minimum absolute atomic E-state index is 0.341. The summed E-state index contributed by atoms with van der Waals surface area (Å²) in [5, 5.41) is 1.25. The largest absolute Gasteiger partial charge is 0.448 e. The Morgan fingerprint density at radius 2 is 2.56 bits per heavy atom. The SMILES string of the molecule is CCOC(=O)N=CC=S. The van der Waals surface area contributed by atoms with E-state index in [1.54, 1.807) is 6.92 Å². The van der Waals surface area contributed by atoms with Gasteiger partial charge in [-0.1, -0.05) is 12.2 Å². The first-order valence-corrected chi connectivity index (χ1v) is 2.93. The van der Waals surface area contributed by atoms with E-state index in [-0.39, 0.29) is 0 Å². The molecule has 50 valence electrons. The Morgan fingerprint density at radius 1 is 1.89 bits per heavy atom. The lowest BCUT2D eigenvalue weighted by Crippen LogP contribution is -1.97. The summed E-state index contributed by atoms with van der Waals surface area (Å²) in [4.78, 5) is 13.6. The van der Waals surface area contributed by atoms with Crippen LogP contribution in [0.15, 0.2) is 4.99 Å². The maximum atomic E-state index is 10.3. The van der Waals surface area contributed by atoms with Gasteiger partial charge in [0.05, 0.1) is 6.61 Å². The van der Waals surface area contributed by atoms with Crippen LogP contribution in [0.4, 0.5) is 4.79 Å². The van der Waals surface area contributed by atoms with Crippen LogP contribution in [0.3, 0.4) is 0 Å². The van der Waals surface area contributed by atoms with Crippen LogP contribution in [0.25, 0.3) is 0 Å². The smallest absolute Gasteiger partial charge is 0.433 e. The molecule has 0 aliphatic rings. The number of ether oxygens (including phenoxy) is 1. The number of thiocarbonyl (C=S) groups is 1. The number of nitrogens with zero attached hydrogens (tertiary/aromatic N) is 1. The molecule has 0 bridgehead atoms. The van der Waals surface area contributed by atoms with Crippen LogP contribution in [0.1, 0.15) is 6.92 Å². The lowest BCUT2D eigenvalue weighted by atomic mass is 10.8. The van der Waals surface area contributed by atoms with Gasteiger partial charge in [0.15, 0.2) is 0 Å². The number of rotatable bonds is 2. The third kappa shape index (κ3) is 5.10. The maximum Gasteiger partial charge on any atom is 0.433 e. The van der Waals surface area contributed by atoms with Crippen molar-refractivity contribution in [3.05, 3.63) is 0 Å². The molecule has 0 aliphatic carbocycles. The monoisotopic (exact) mass is 145 g/mol. The number of aliphatic imine (C=N–C) groups is 1. The highest BCUT2D eigenvalue weighted by atomic mass is 32.1. The average Bonchev–Trinajstić information content (AvgIpc) is 1.85. The van der Waals surface area contributed by atoms with Gasteiger partial charge in [0.1, 0.15) is 0 Å². The Morgan fingerprint density at radius 3 is 3.00 bits per heavy atom. The van der Waals surface area contributed by atoms with Gasteiger partial charge in [-0.2, -0.15) is 4.99 Å². The second-order valence-corrected chi connectivity index (χ2v) is 1.39. The van der Waals surface area contributed by atoms with E-state index in [1.165, 1.54) is 11.6 Å². The first kappa shape index (κ1) is 8.23. The highest BCUT2D eigenvalue weighted by Crippen LogP contribution is 1.79. The van der Waals surface area contributed by atoms with Gasteiger partial charge in [0.25, 0.3) is 0 Å². The molecule has 0 aromatic carbocycles. The average molecular weight is 145 g/mol. The van der Waals surface area contributed by atoms with Crippen molar-refractivity contribution in [1.29, 1.82) is 0 Å². The van der Waals surface area contributed by atoms with Crippen LogP contribution in [-0.2, 0) is 4.74 Å². The van der Waals surface area contributed by atoms with Gasteiger partial charge in [-0.05, 0) is 6.92 Å². The molecule has 1 amide bonds. The lowest BCUT2D eigenvalue weighted by molar-refractivity contribution is 0.164. The Labute approximate surface area is 58.7 Å². The van der Waals surface area contributed by atoms with Crippen molar-refractivity contribution in [2.75, 3.05) is 6.61 Å². The zero-order valence-electron chi connectivity index (χ0n) is 5.03. The van der Waals surface area contributed by atoms with Gasteiger partial charge in [-0.15, -0.1) is 0 Å². The third-order valence-electron chi connectivity index (χ3n) is 0.509. The quantitative estimate of drug-likeness (QED) is 0.433. The molecule has 0 radical (unpaired) electrons. The lowest BCUT2D eigenvalue weighted by Gasteiger charge is -1.90. The minimum atomic E-state index is -0.599. The van der Waals surface area contributed by atoms with Crippen LogP contribution in [-0.4, -0.2) is 24.3 Å². The molecule has 0 aromatic heterocycles.